The van der Waals surface area contributed by atoms with Gasteiger partial charge in [0.1, 0.15) is 0 Å². The van der Waals surface area contributed by atoms with Crippen LogP contribution >= 0.6 is 0 Å². The highest BCUT2D eigenvalue weighted by atomic mass is 16.2. The molecule has 1 amide bonds. The molecule has 24 heavy (non-hydrogen) atoms. The second-order valence-electron chi connectivity index (χ2n) is 8.32. The summed E-state index contributed by atoms with van der Waals surface area (Å²) in [6, 6.07) is 1.51. The van der Waals surface area contributed by atoms with Crippen LogP contribution in [0.2, 0.25) is 0 Å². The van der Waals surface area contributed by atoms with Gasteiger partial charge in [0, 0.05) is 57.3 Å². The normalized spacial score (nSPS) is 27.1. The van der Waals surface area contributed by atoms with E-state index in [9.17, 15) is 4.79 Å². The largest absolute Gasteiger partial charge is 0.342 e. The van der Waals surface area contributed by atoms with Crippen LogP contribution in [-0.4, -0.2) is 97.0 Å². The van der Waals surface area contributed by atoms with E-state index < -0.39 is 0 Å². The summed E-state index contributed by atoms with van der Waals surface area (Å²) >= 11 is 0. The number of amides is 1. The lowest BCUT2D eigenvalue weighted by atomic mass is 9.96. The van der Waals surface area contributed by atoms with E-state index in [2.05, 4.69) is 26.6 Å². The van der Waals surface area contributed by atoms with Gasteiger partial charge in [-0.25, -0.2) is 0 Å². The highest BCUT2D eigenvalue weighted by molar-refractivity contribution is 5.78. The van der Waals surface area contributed by atoms with Crippen LogP contribution in [0.15, 0.2) is 0 Å². The summed E-state index contributed by atoms with van der Waals surface area (Å²) in [7, 11) is 2.23. The van der Waals surface area contributed by atoms with Gasteiger partial charge in [-0.05, 0) is 45.8 Å². The zero-order valence-electron chi connectivity index (χ0n) is 15.9. The van der Waals surface area contributed by atoms with Crippen molar-refractivity contribution >= 4 is 5.91 Å². The third-order valence-corrected chi connectivity index (χ3v) is 6.34. The van der Waals surface area contributed by atoms with E-state index >= 15 is 0 Å². The minimum atomic E-state index is 0.140. The maximum atomic E-state index is 12.1. The van der Waals surface area contributed by atoms with Gasteiger partial charge in [-0.15, -0.1) is 0 Å². The Bertz CT molecular complexity index is 404. The molecule has 3 fully saturated rings. The maximum absolute atomic E-state index is 12.1. The van der Waals surface area contributed by atoms with Crippen LogP contribution in [0.4, 0.5) is 0 Å². The highest BCUT2D eigenvalue weighted by Gasteiger charge is 2.32. The maximum Gasteiger partial charge on any atom is 0.225 e. The van der Waals surface area contributed by atoms with Gasteiger partial charge in [0.2, 0.25) is 5.91 Å². The molecule has 138 valence electrons. The number of piperidine rings is 2. The SMILES string of the molecule is CC(C)C(=O)N1CCC(N2CCC(N3CCN(C)CC3)CC2)CC1. The third kappa shape index (κ3) is 4.30. The Morgan fingerprint density at radius 3 is 1.71 bits per heavy atom. The first-order valence-electron chi connectivity index (χ1n) is 10.00. The summed E-state index contributed by atoms with van der Waals surface area (Å²) < 4.78 is 0. The van der Waals surface area contributed by atoms with Gasteiger partial charge in [0.25, 0.3) is 0 Å². The van der Waals surface area contributed by atoms with Gasteiger partial charge in [0.15, 0.2) is 0 Å². The molecule has 0 spiro atoms. The standard InChI is InChI=1S/C19H36N4O/c1-16(2)19(24)23-10-6-17(7-11-23)21-8-4-18(5-9-21)22-14-12-20(3)13-15-22/h16-18H,4-15H2,1-3H3. The van der Waals surface area contributed by atoms with Gasteiger partial charge in [-0.3, -0.25) is 9.69 Å². The quantitative estimate of drug-likeness (QED) is 0.778. The predicted molar refractivity (Wildman–Crippen MR) is 98.1 cm³/mol. The zero-order chi connectivity index (χ0) is 17.1. The van der Waals surface area contributed by atoms with Crippen LogP contribution in [0.1, 0.15) is 39.5 Å². The molecule has 3 heterocycles. The van der Waals surface area contributed by atoms with Crippen molar-refractivity contribution in [2.45, 2.75) is 51.6 Å². The fraction of sp³-hybridized carbons (Fsp3) is 0.947. The molecule has 0 aliphatic carbocycles. The second-order valence-corrected chi connectivity index (χ2v) is 8.32. The van der Waals surface area contributed by atoms with Crippen molar-refractivity contribution in [3.63, 3.8) is 0 Å². The number of rotatable bonds is 3. The van der Waals surface area contributed by atoms with Crippen molar-refractivity contribution in [2.24, 2.45) is 5.92 Å². The minimum Gasteiger partial charge on any atom is -0.342 e. The molecule has 0 aromatic heterocycles. The number of likely N-dealkylation sites (tertiary alicyclic amines) is 2. The number of likely N-dealkylation sites (N-methyl/N-ethyl adjacent to an activating group) is 1. The number of hydrogen-bond acceptors (Lipinski definition) is 4. The Morgan fingerprint density at radius 1 is 0.750 bits per heavy atom. The molecule has 3 aliphatic heterocycles. The molecule has 0 bridgehead atoms. The molecule has 3 rings (SSSR count). The van der Waals surface area contributed by atoms with Gasteiger partial charge in [0.05, 0.1) is 0 Å². The van der Waals surface area contributed by atoms with E-state index in [1.807, 2.05) is 13.8 Å². The van der Waals surface area contributed by atoms with E-state index in [-0.39, 0.29) is 5.92 Å². The number of piperazine rings is 1. The first-order valence-corrected chi connectivity index (χ1v) is 10.00. The molecule has 0 saturated carbocycles. The number of hydrogen-bond donors (Lipinski definition) is 0. The van der Waals surface area contributed by atoms with Gasteiger partial charge >= 0.3 is 0 Å². The van der Waals surface area contributed by atoms with Crippen molar-refractivity contribution in [3.8, 4) is 0 Å². The number of carbonyl (C=O) groups excluding carboxylic acids is 1. The average Bonchev–Trinajstić information content (AvgIpc) is 2.62. The van der Waals surface area contributed by atoms with Crippen LogP contribution in [0, 0.1) is 5.92 Å². The Morgan fingerprint density at radius 2 is 1.21 bits per heavy atom. The third-order valence-electron chi connectivity index (χ3n) is 6.34. The van der Waals surface area contributed by atoms with Gasteiger partial charge < -0.3 is 14.7 Å². The molecule has 3 aliphatic rings. The average molecular weight is 337 g/mol. The summed E-state index contributed by atoms with van der Waals surface area (Å²) in [5.41, 5.74) is 0. The second kappa shape index (κ2) is 8.15. The van der Waals surface area contributed by atoms with Crippen LogP contribution in [-0.2, 0) is 4.79 Å². The molecule has 0 radical (unpaired) electrons. The highest BCUT2D eigenvalue weighted by Crippen LogP contribution is 2.24. The van der Waals surface area contributed by atoms with Crippen molar-refractivity contribution in [1.29, 1.82) is 0 Å². The Hall–Kier alpha value is -0.650. The molecular weight excluding hydrogens is 300 g/mol. The molecule has 0 unspecified atom stereocenters. The van der Waals surface area contributed by atoms with Crippen LogP contribution < -0.4 is 0 Å². The molecular formula is C19H36N4O. The molecule has 5 heteroatoms. The van der Waals surface area contributed by atoms with Crippen LogP contribution in [0.3, 0.4) is 0 Å². The smallest absolute Gasteiger partial charge is 0.225 e. The lowest BCUT2D eigenvalue weighted by molar-refractivity contribution is -0.136. The van der Waals surface area contributed by atoms with E-state index in [0.717, 1.165) is 32.0 Å². The van der Waals surface area contributed by atoms with Crippen molar-refractivity contribution in [1.82, 2.24) is 19.6 Å². The van der Waals surface area contributed by atoms with E-state index in [0.29, 0.717) is 11.9 Å². The summed E-state index contributed by atoms with van der Waals surface area (Å²) in [6.45, 7) is 13.4. The van der Waals surface area contributed by atoms with E-state index in [1.54, 1.807) is 0 Å². The molecule has 0 N–H and O–H groups in total. The zero-order valence-corrected chi connectivity index (χ0v) is 15.9. The lowest BCUT2D eigenvalue weighted by Crippen LogP contribution is -2.55. The summed E-state index contributed by atoms with van der Waals surface area (Å²) in [5, 5.41) is 0. The topological polar surface area (TPSA) is 30.0 Å². The Kier molecular flexibility index (Phi) is 6.17. The molecule has 0 aromatic carbocycles. The summed E-state index contributed by atoms with van der Waals surface area (Å²) in [4.78, 5) is 22.1. The fourth-order valence-electron chi connectivity index (χ4n) is 4.62. The van der Waals surface area contributed by atoms with Crippen molar-refractivity contribution in [3.05, 3.63) is 0 Å². The van der Waals surface area contributed by atoms with Crippen LogP contribution in [0.5, 0.6) is 0 Å². The molecule has 0 aromatic rings. The summed E-state index contributed by atoms with van der Waals surface area (Å²) in [5.74, 6) is 0.475. The molecule has 0 atom stereocenters. The first-order chi connectivity index (χ1) is 11.5. The Labute approximate surface area is 147 Å². The number of carbonyl (C=O) groups is 1. The van der Waals surface area contributed by atoms with E-state index in [4.69, 9.17) is 0 Å². The Balaban J connectivity index is 1.40. The predicted octanol–water partition coefficient (Wildman–Crippen LogP) is 1.35. The summed E-state index contributed by atoms with van der Waals surface area (Å²) in [6.07, 6.45) is 4.99. The lowest BCUT2D eigenvalue weighted by Gasteiger charge is -2.45. The molecule has 3 saturated heterocycles. The van der Waals surface area contributed by atoms with Crippen molar-refractivity contribution < 1.29 is 4.79 Å². The van der Waals surface area contributed by atoms with Crippen molar-refractivity contribution in [2.75, 3.05) is 59.4 Å². The number of nitrogens with zero attached hydrogens (tertiary/aromatic N) is 4. The first kappa shape index (κ1) is 18.2. The minimum absolute atomic E-state index is 0.140. The van der Waals surface area contributed by atoms with E-state index in [1.165, 1.54) is 52.1 Å². The fourth-order valence-corrected chi connectivity index (χ4v) is 4.62. The molecule has 5 nitrogen and oxygen atoms in total. The van der Waals surface area contributed by atoms with Gasteiger partial charge in [-0.1, -0.05) is 13.8 Å². The monoisotopic (exact) mass is 336 g/mol. The van der Waals surface area contributed by atoms with Crippen LogP contribution in [0.25, 0.3) is 0 Å². The van der Waals surface area contributed by atoms with Gasteiger partial charge in [-0.2, -0.15) is 0 Å².